The van der Waals surface area contributed by atoms with Crippen LogP contribution in [0.3, 0.4) is 0 Å². The van der Waals surface area contributed by atoms with Gasteiger partial charge in [0.1, 0.15) is 0 Å². The summed E-state index contributed by atoms with van der Waals surface area (Å²) < 4.78 is 0. The van der Waals surface area contributed by atoms with Gasteiger partial charge in [-0.2, -0.15) is 0 Å². The second-order valence-electron chi connectivity index (χ2n) is 6.06. The molecule has 0 radical (unpaired) electrons. The number of likely N-dealkylation sites (tertiary alicyclic amines) is 1. The Morgan fingerprint density at radius 2 is 2.00 bits per heavy atom. The van der Waals surface area contributed by atoms with Crippen LogP contribution < -0.4 is 5.32 Å². The summed E-state index contributed by atoms with van der Waals surface area (Å²) in [5, 5.41) is 2.95. The van der Waals surface area contributed by atoms with E-state index in [9.17, 15) is 9.59 Å². The number of carbonyl (C=O) groups is 2. The third kappa shape index (κ3) is 4.59. The van der Waals surface area contributed by atoms with E-state index >= 15 is 0 Å². The highest BCUT2D eigenvalue weighted by molar-refractivity contribution is 5.79. The third-order valence-corrected chi connectivity index (χ3v) is 3.90. The first-order valence-electron chi connectivity index (χ1n) is 7.65. The molecule has 21 heavy (non-hydrogen) atoms. The highest BCUT2D eigenvalue weighted by atomic mass is 16.2. The van der Waals surface area contributed by atoms with Gasteiger partial charge in [-0.1, -0.05) is 44.2 Å². The first-order valence-corrected chi connectivity index (χ1v) is 7.65. The topological polar surface area (TPSA) is 49.4 Å². The lowest BCUT2D eigenvalue weighted by Gasteiger charge is -2.18. The highest BCUT2D eigenvalue weighted by Crippen LogP contribution is 2.21. The zero-order valence-corrected chi connectivity index (χ0v) is 12.8. The molecule has 0 aromatic heterocycles. The molecule has 1 N–H and O–H groups in total. The van der Waals surface area contributed by atoms with Crippen molar-refractivity contribution in [2.75, 3.05) is 13.1 Å². The van der Waals surface area contributed by atoms with Crippen molar-refractivity contribution in [1.29, 1.82) is 0 Å². The molecule has 0 aliphatic carbocycles. The van der Waals surface area contributed by atoms with E-state index in [0.29, 0.717) is 18.9 Å². The van der Waals surface area contributed by atoms with E-state index in [0.717, 1.165) is 25.1 Å². The quantitative estimate of drug-likeness (QED) is 0.903. The van der Waals surface area contributed by atoms with Crippen LogP contribution >= 0.6 is 0 Å². The summed E-state index contributed by atoms with van der Waals surface area (Å²) in [5.41, 5.74) is 1.11. The molecule has 1 heterocycles. The van der Waals surface area contributed by atoms with Crippen LogP contribution in [0, 0.1) is 11.8 Å². The minimum Gasteiger partial charge on any atom is -0.352 e. The van der Waals surface area contributed by atoms with E-state index in [-0.39, 0.29) is 17.7 Å². The average molecular weight is 288 g/mol. The lowest BCUT2D eigenvalue weighted by Crippen LogP contribution is -2.33. The predicted octanol–water partition coefficient (Wildman–Crippen LogP) is 2.20. The first-order chi connectivity index (χ1) is 10.1. The van der Waals surface area contributed by atoms with Crippen LogP contribution in [0.2, 0.25) is 0 Å². The molecular formula is C17H24N2O2. The zero-order chi connectivity index (χ0) is 15.2. The normalized spacial score (nSPS) is 18.0. The van der Waals surface area contributed by atoms with Crippen LogP contribution in [0.5, 0.6) is 0 Å². The highest BCUT2D eigenvalue weighted by Gasteiger charge is 2.28. The van der Waals surface area contributed by atoms with Gasteiger partial charge < -0.3 is 10.2 Å². The summed E-state index contributed by atoms with van der Waals surface area (Å²) in [5.74, 6) is 0.601. The van der Waals surface area contributed by atoms with Crippen molar-refractivity contribution in [3.63, 3.8) is 0 Å². The summed E-state index contributed by atoms with van der Waals surface area (Å²) in [6.45, 7) is 5.91. The van der Waals surface area contributed by atoms with E-state index in [1.807, 2.05) is 49.1 Å². The molecule has 0 unspecified atom stereocenters. The van der Waals surface area contributed by atoms with Crippen molar-refractivity contribution < 1.29 is 9.59 Å². The average Bonchev–Trinajstić information content (AvgIpc) is 2.93. The molecule has 4 nitrogen and oxygen atoms in total. The number of hydrogen-bond donors (Lipinski definition) is 1. The third-order valence-electron chi connectivity index (χ3n) is 3.90. The summed E-state index contributed by atoms with van der Waals surface area (Å²) in [4.78, 5) is 25.8. The molecule has 0 bridgehead atoms. The van der Waals surface area contributed by atoms with Crippen LogP contribution in [0.15, 0.2) is 30.3 Å². The first kappa shape index (κ1) is 15.5. The lowest BCUT2D eigenvalue weighted by atomic mass is 10.0. The maximum absolute atomic E-state index is 12.0. The van der Waals surface area contributed by atoms with Crippen LogP contribution in [-0.4, -0.2) is 29.8 Å². The molecule has 1 saturated heterocycles. The van der Waals surface area contributed by atoms with Crippen molar-refractivity contribution in [2.24, 2.45) is 11.8 Å². The number of nitrogens with zero attached hydrogens (tertiary/aromatic N) is 1. The van der Waals surface area contributed by atoms with E-state index < -0.39 is 0 Å². The van der Waals surface area contributed by atoms with Crippen molar-refractivity contribution in [3.8, 4) is 0 Å². The fourth-order valence-electron chi connectivity index (χ4n) is 2.70. The van der Waals surface area contributed by atoms with Crippen molar-refractivity contribution in [2.45, 2.75) is 33.2 Å². The second kappa shape index (κ2) is 7.25. The Labute approximate surface area is 126 Å². The van der Waals surface area contributed by atoms with Crippen molar-refractivity contribution >= 4 is 11.8 Å². The molecular weight excluding hydrogens is 264 g/mol. The van der Waals surface area contributed by atoms with Crippen LogP contribution in [0.1, 0.15) is 32.3 Å². The van der Waals surface area contributed by atoms with E-state index in [4.69, 9.17) is 0 Å². The molecule has 4 heteroatoms. The Bertz CT molecular complexity index is 485. The molecule has 1 aliphatic heterocycles. The number of rotatable bonds is 5. The molecule has 1 aliphatic rings. The lowest BCUT2D eigenvalue weighted by molar-refractivity contribution is -0.133. The van der Waals surface area contributed by atoms with Gasteiger partial charge in [0.05, 0.1) is 0 Å². The maximum Gasteiger partial charge on any atom is 0.225 e. The van der Waals surface area contributed by atoms with Crippen LogP contribution in [0.4, 0.5) is 0 Å². The summed E-state index contributed by atoms with van der Waals surface area (Å²) in [7, 11) is 0. The van der Waals surface area contributed by atoms with Crippen molar-refractivity contribution in [1.82, 2.24) is 10.2 Å². The fourth-order valence-corrected chi connectivity index (χ4v) is 2.70. The van der Waals surface area contributed by atoms with Crippen LogP contribution in [-0.2, 0) is 16.1 Å². The van der Waals surface area contributed by atoms with Gasteiger partial charge in [-0.15, -0.1) is 0 Å². The van der Waals surface area contributed by atoms with Gasteiger partial charge in [-0.3, -0.25) is 9.59 Å². The Hall–Kier alpha value is -1.84. The summed E-state index contributed by atoms with van der Waals surface area (Å²) >= 11 is 0. The molecule has 1 aromatic rings. The Kier molecular flexibility index (Phi) is 5.37. The van der Waals surface area contributed by atoms with Gasteiger partial charge in [-0.25, -0.2) is 0 Å². The second-order valence-corrected chi connectivity index (χ2v) is 6.06. The smallest absolute Gasteiger partial charge is 0.225 e. The molecule has 0 spiro atoms. The number of amides is 2. The largest absolute Gasteiger partial charge is 0.352 e. The number of carbonyl (C=O) groups excluding carboxylic acids is 2. The number of hydrogen-bond acceptors (Lipinski definition) is 2. The minimum atomic E-state index is 0.0376. The Morgan fingerprint density at radius 1 is 1.29 bits per heavy atom. The van der Waals surface area contributed by atoms with Gasteiger partial charge in [0.15, 0.2) is 0 Å². The molecule has 2 rings (SSSR count). The summed E-state index contributed by atoms with van der Waals surface area (Å²) in [6.07, 6.45) is 1.44. The Morgan fingerprint density at radius 3 is 2.67 bits per heavy atom. The molecule has 0 saturated carbocycles. The predicted molar refractivity (Wildman–Crippen MR) is 82.4 cm³/mol. The maximum atomic E-state index is 12.0. The molecule has 114 valence electrons. The number of nitrogens with one attached hydrogen (secondary N) is 1. The molecule has 1 atom stereocenters. The minimum absolute atomic E-state index is 0.0376. The van der Waals surface area contributed by atoms with Gasteiger partial charge >= 0.3 is 0 Å². The van der Waals surface area contributed by atoms with E-state index in [2.05, 4.69) is 5.32 Å². The van der Waals surface area contributed by atoms with E-state index in [1.54, 1.807) is 0 Å². The SMILES string of the molecule is CC(C)C(=O)N1CC[C@H](CC(=O)NCc2ccccc2)C1. The standard InChI is InChI=1S/C17H24N2O2/c1-13(2)17(21)19-9-8-15(12-19)10-16(20)18-11-14-6-4-3-5-7-14/h3-7,13,15H,8-12H2,1-2H3,(H,18,20)/t15-/m1/s1. The van der Waals surface area contributed by atoms with Gasteiger partial charge in [0.25, 0.3) is 0 Å². The van der Waals surface area contributed by atoms with Crippen molar-refractivity contribution in [3.05, 3.63) is 35.9 Å². The zero-order valence-electron chi connectivity index (χ0n) is 12.8. The molecule has 1 fully saturated rings. The van der Waals surface area contributed by atoms with Gasteiger partial charge in [-0.05, 0) is 17.9 Å². The monoisotopic (exact) mass is 288 g/mol. The van der Waals surface area contributed by atoms with E-state index in [1.165, 1.54) is 0 Å². The van der Waals surface area contributed by atoms with Gasteiger partial charge in [0.2, 0.25) is 11.8 Å². The number of benzene rings is 1. The Balaban J connectivity index is 1.73. The van der Waals surface area contributed by atoms with Crippen LogP contribution in [0.25, 0.3) is 0 Å². The summed E-state index contributed by atoms with van der Waals surface area (Å²) in [6, 6.07) is 9.89. The molecule has 1 aromatic carbocycles. The molecule has 2 amide bonds. The fraction of sp³-hybridized carbons (Fsp3) is 0.529. The van der Waals surface area contributed by atoms with Gasteiger partial charge in [0, 0.05) is 32.0 Å².